The summed E-state index contributed by atoms with van der Waals surface area (Å²) in [5.74, 6) is 1.93. The first-order valence-corrected chi connectivity index (χ1v) is 9.52. The van der Waals surface area contributed by atoms with Gasteiger partial charge in [0, 0.05) is 50.8 Å². The average molecular weight is 404 g/mol. The summed E-state index contributed by atoms with van der Waals surface area (Å²) < 4.78 is 1.19. The second-order valence-corrected chi connectivity index (χ2v) is 7.72. The number of anilines is 2. The number of likely N-dealkylation sites (N-methyl/N-ethyl adjacent to an activating group) is 1. The van der Waals surface area contributed by atoms with Crippen molar-refractivity contribution in [1.29, 1.82) is 0 Å². The fourth-order valence-electron chi connectivity index (χ4n) is 3.32. The van der Waals surface area contributed by atoms with Gasteiger partial charge in [0.2, 0.25) is 0 Å². The van der Waals surface area contributed by atoms with Crippen molar-refractivity contribution in [2.24, 2.45) is 0 Å². The van der Waals surface area contributed by atoms with Crippen LogP contribution in [0.1, 0.15) is 18.4 Å². The van der Waals surface area contributed by atoms with Crippen LogP contribution in [0.4, 0.5) is 11.6 Å². The van der Waals surface area contributed by atoms with Crippen LogP contribution in [0, 0.1) is 0 Å². The van der Waals surface area contributed by atoms with E-state index >= 15 is 0 Å². The summed E-state index contributed by atoms with van der Waals surface area (Å²) >= 11 is 3.67. The molecule has 1 aromatic heterocycles. The summed E-state index contributed by atoms with van der Waals surface area (Å²) in [5.41, 5.74) is 1.35. The molecular weight excluding hydrogens is 378 g/mol. The summed E-state index contributed by atoms with van der Waals surface area (Å²) in [6.07, 6.45) is 4.07. The van der Waals surface area contributed by atoms with Crippen LogP contribution in [0.15, 0.2) is 41.1 Å². The van der Waals surface area contributed by atoms with Gasteiger partial charge in [-0.25, -0.2) is 9.97 Å². The number of nitrogens with zero attached hydrogens (tertiary/aromatic N) is 5. The minimum Gasteiger partial charge on any atom is -0.363 e. The molecule has 0 amide bonds. The van der Waals surface area contributed by atoms with Gasteiger partial charge in [-0.15, -0.1) is 0 Å². The van der Waals surface area contributed by atoms with Gasteiger partial charge >= 0.3 is 0 Å². The van der Waals surface area contributed by atoms with Crippen molar-refractivity contribution in [3.05, 3.63) is 46.7 Å². The lowest BCUT2D eigenvalue weighted by Gasteiger charge is -2.38. The molecule has 5 nitrogen and oxygen atoms in total. The van der Waals surface area contributed by atoms with Crippen LogP contribution < -0.4 is 9.80 Å². The number of rotatable bonds is 5. The minimum absolute atomic E-state index is 0.473. The predicted molar refractivity (Wildman–Crippen MR) is 107 cm³/mol. The van der Waals surface area contributed by atoms with Gasteiger partial charge in [0.25, 0.3) is 0 Å². The summed E-state index contributed by atoms with van der Waals surface area (Å²) in [6.45, 7) is 3.19. The van der Waals surface area contributed by atoms with Crippen molar-refractivity contribution in [3.63, 3.8) is 0 Å². The summed E-state index contributed by atoms with van der Waals surface area (Å²) in [5, 5.41) is 0. The molecule has 0 bridgehead atoms. The SMILES string of the molecule is CN(C)c1cc(N(C)C2CCCN(Cc3ccccc3Br)C2)ncn1. The largest absolute Gasteiger partial charge is 0.363 e. The van der Waals surface area contributed by atoms with Crippen molar-refractivity contribution in [3.8, 4) is 0 Å². The summed E-state index contributed by atoms with van der Waals surface area (Å²) in [7, 11) is 6.16. The second-order valence-electron chi connectivity index (χ2n) is 6.86. The smallest absolute Gasteiger partial charge is 0.134 e. The average Bonchev–Trinajstić information content (AvgIpc) is 2.63. The van der Waals surface area contributed by atoms with E-state index in [0.29, 0.717) is 6.04 Å². The van der Waals surface area contributed by atoms with Crippen LogP contribution in [0.5, 0.6) is 0 Å². The third-order valence-corrected chi connectivity index (χ3v) is 5.61. The number of piperidine rings is 1. The molecule has 2 heterocycles. The van der Waals surface area contributed by atoms with Gasteiger partial charge in [-0.05, 0) is 31.0 Å². The molecule has 3 rings (SSSR count). The summed E-state index contributed by atoms with van der Waals surface area (Å²) in [6, 6.07) is 11.0. The Kier molecular flexibility index (Phi) is 5.91. The molecule has 2 aromatic rings. The third kappa shape index (κ3) is 4.50. The number of likely N-dealkylation sites (tertiary alicyclic amines) is 1. The molecule has 6 heteroatoms. The molecule has 0 aliphatic carbocycles. The lowest BCUT2D eigenvalue weighted by atomic mass is 10.0. The van der Waals surface area contributed by atoms with Gasteiger partial charge in [0.15, 0.2) is 0 Å². The van der Waals surface area contributed by atoms with E-state index in [9.17, 15) is 0 Å². The van der Waals surface area contributed by atoms with Gasteiger partial charge in [0.1, 0.15) is 18.0 Å². The van der Waals surface area contributed by atoms with Gasteiger partial charge in [-0.3, -0.25) is 4.90 Å². The molecule has 1 saturated heterocycles. The Morgan fingerprint density at radius 2 is 1.92 bits per heavy atom. The molecule has 1 aliphatic heterocycles. The monoisotopic (exact) mass is 403 g/mol. The number of hydrogen-bond acceptors (Lipinski definition) is 5. The van der Waals surface area contributed by atoms with Crippen molar-refractivity contribution < 1.29 is 0 Å². The number of aromatic nitrogens is 2. The molecule has 0 radical (unpaired) electrons. The zero-order valence-corrected chi connectivity index (χ0v) is 16.8. The van der Waals surface area contributed by atoms with E-state index in [1.807, 2.05) is 19.0 Å². The lowest BCUT2D eigenvalue weighted by Crippen LogP contribution is -2.46. The van der Waals surface area contributed by atoms with Gasteiger partial charge in [-0.1, -0.05) is 34.1 Å². The molecule has 1 unspecified atom stereocenters. The lowest BCUT2D eigenvalue weighted by molar-refractivity contribution is 0.198. The molecule has 0 N–H and O–H groups in total. The van der Waals surface area contributed by atoms with E-state index < -0.39 is 0 Å². The molecule has 0 saturated carbocycles. The fourth-order valence-corrected chi connectivity index (χ4v) is 3.73. The summed E-state index contributed by atoms with van der Waals surface area (Å²) in [4.78, 5) is 15.7. The highest BCUT2D eigenvalue weighted by Gasteiger charge is 2.24. The third-order valence-electron chi connectivity index (χ3n) is 4.84. The van der Waals surface area contributed by atoms with Crippen LogP contribution in [-0.2, 0) is 6.54 Å². The van der Waals surface area contributed by atoms with Gasteiger partial charge in [-0.2, -0.15) is 0 Å². The standard InChI is InChI=1S/C19H26BrN5/c1-23(2)18-11-19(22-14-21-18)24(3)16-8-6-10-25(13-16)12-15-7-4-5-9-17(15)20/h4-5,7,9,11,14,16H,6,8,10,12-13H2,1-3H3. The minimum atomic E-state index is 0.473. The van der Waals surface area contributed by atoms with Gasteiger partial charge < -0.3 is 9.80 Å². The van der Waals surface area contributed by atoms with Crippen LogP contribution in [0.2, 0.25) is 0 Å². The maximum absolute atomic E-state index is 4.48. The predicted octanol–water partition coefficient (Wildman–Crippen LogP) is 3.41. The number of halogens is 1. The quantitative estimate of drug-likeness (QED) is 0.764. The van der Waals surface area contributed by atoms with Crippen molar-refractivity contribution in [2.75, 3.05) is 44.0 Å². The first-order valence-electron chi connectivity index (χ1n) is 8.72. The Labute approximate surface area is 158 Å². The first-order chi connectivity index (χ1) is 12.0. The maximum Gasteiger partial charge on any atom is 0.134 e. The molecule has 1 atom stereocenters. The van der Waals surface area contributed by atoms with Crippen molar-refractivity contribution in [1.82, 2.24) is 14.9 Å². The number of benzene rings is 1. The van der Waals surface area contributed by atoms with E-state index in [1.54, 1.807) is 6.33 Å². The topological polar surface area (TPSA) is 35.5 Å². The highest BCUT2D eigenvalue weighted by molar-refractivity contribution is 9.10. The number of hydrogen-bond donors (Lipinski definition) is 0. The normalized spacial score (nSPS) is 18.2. The van der Waals surface area contributed by atoms with E-state index in [2.05, 4.69) is 73.1 Å². The van der Waals surface area contributed by atoms with Crippen LogP contribution in [-0.4, -0.2) is 55.1 Å². The van der Waals surface area contributed by atoms with E-state index in [4.69, 9.17) is 0 Å². The van der Waals surface area contributed by atoms with Gasteiger partial charge in [0.05, 0.1) is 0 Å². The molecule has 1 aliphatic rings. The Hall–Kier alpha value is -1.66. The van der Waals surface area contributed by atoms with E-state index in [-0.39, 0.29) is 0 Å². The zero-order valence-electron chi connectivity index (χ0n) is 15.2. The molecule has 134 valence electrons. The van der Waals surface area contributed by atoms with Crippen LogP contribution in [0.25, 0.3) is 0 Å². The van der Waals surface area contributed by atoms with Crippen molar-refractivity contribution in [2.45, 2.75) is 25.4 Å². The maximum atomic E-state index is 4.48. The fraction of sp³-hybridized carbons (Fsp3) is 0.474. The Morgan fingerprint density at radius 3 is 2.68 bits per heavy atom. The first kappa shape index (κ1) is 18.1. The molecule has 25 heavy (non-hydrogen) atoms. The highest BCUT2D eigenvalue weighted by Crippen LogP contribution is 2.24. The van der Waals surface area contributed by atoms with E-state index in [1.165, 1.54) is 22.9 Å². The van der Waals surface area contributed by atoms with Crippen molar-refractivity contribution >= 4 is 27.6 Å². The van der Waals surface area contributed by atoms with E-state index in [0.717, 1.165) is 31.3 Å². The zero-order chi connectivity index (χ0) is 17.8. The van der Waals surface area contributed by atoms with Crippen LogP contribution in [0.3, 0.4) is 0 Å². The second kappa shape index (κ2) is 8.15. The Balaban J connectivity index is 1.68. The molecule has 1 aromatic carbocycles. The Morgan fingerprint density at radius 1 is 1.16 bits per heavy atom. The highest BCUT2D eigenvalue weighted by atomic mass is 79.9. The molecular formula is C19H26BrN5. The molecule has 0 spiro atoms. The molecule has 1 fully saturated rings. The van der Waals surface area contributed by atoms with Crippen LogP contribution >= 0.6 is 15.9 Å². The Bertz CT molecular complexity index is 706.